The fourth-order valence-corrected chi connectivity index (χ4v) is 4.53. The molecule has 3 aliphatic rings. The molecule has 0 heterocycles. The first kappa shape index (κ1) is 16.8. The van der Waals surface area contributed by atoms with Crippen molar-refractivity contribution in [3.63, 3.8) is 0 Å². The van der Waals surface area contributed by atoms with E-state index in [0.29, 0.717) is 12.2 Å². The van der Waals surface area contributed by atoms with Gasteiger partial charge in [0.25, 0.3) is 0 Å². The monoisotopic (exact) mass is 347 g/mol. The van der Waals surface area contributed by atoms with Crippen LogP contribution in [0.1, 0.15) is 52.9 Å². The number of halogens is 1. The summed E-state index contributed by atoms with van der Waals surface area (Å²) >= 11 is 3.29. The van der Waals surface area contributed by atoms with Crippen LogP contribution in [-0.2, 0) is 4.65 Å². The molecule has 0 aromatic carbocycles. The van der Waals surface area contributed by atoms with Crippen LogP contribution in [0.25, 0.3) is 0 Å². The Morgan fingerprint density at radius 3 is 2.60 bits per heavy atom. The zero-order valence-corrected chi connectivity index (χ0v) is 14.3. The molecule has 3 fully saturated rings. The maximum absolute atomic E-state index is 10.8. The van der Waals surface area contributed by atoms with E-state index in [0.717, 1.165) is 32.1 Å². The third-order valence-electron chi connectivity index (χ3n) is 5.71. The van der Waals surface area contributed by atoms with Crippen molar-refractivity contribution in [2.24, 2.45) is 17.1 Å². The standard InChI is InChI=1S/C14H27BBrNO3/c1-12(2)10-6-7-13(3,18)14(12,9-10)20-15(19)8-4-5-11(16)17/h10-11,18-19H,4-9,17H2,1-3H3. The second-order valence-corrected chi connectivity index (χ2v) is 8.46. The third-order valence-corrected chi connectivity index (χ3v) is 6.17. The Kier molecular flexibility index (Phi) is 4.64. The van der Waals surface area contributed by atoms with Crippen molar-refractivity contribution < 1.29 is 14.8 Å². The molecule has 2 bridgehead atoms. The van der Waals surface area contributed by atoms with E-state index in [-0.39, 0.29) is 10.4 Å². The van der Waals surface area contributed by atoms with E-state index in [4.69, 9.17) is 10.4 Å². The number of rotatable bonds is 6. The molecule has 20 heavy (non-hydrogen) atoms. The average molecular weight is 348 g/mol. The normalized spacial score (nSPS) is 40.0. The van der Waals surface area contributed by atoms with Crippen LogP contribution >= 0.6 is 15.9 Å². The summed E-state index contributed by atoms with van der Waals surface area (Å²) in [4.78, 5) is -0.0322. The molecule has 0 amide bonds. The molecule has 6 heteroatoms. The Morgan fingerprint density at radius 2 is 2.10 bits per heavy atom. The smallest absolute Gasteiger partial charge is 0.427 e. The summed E-state index contributed by atoms with van der Waals surface area (Å²) in [6.07, 6.45) is 4.80. The molecule has 3 aliphatic carbocycles. The molecule has 3 rings (SSSR count). The number of aliphatic hydroxyl groups is 1. The lowest BCUT2D eigenvalue weighted by molar-refractivity contribution is -0.304. The van der Waals surface area contributed by atoms with E-state index in [1.165, 1.54) is 0 Å². The van der Waals surface area contributed by atoms with Gasteiger partial charge < -0.3 is 20.5 Å². The minimum Gasteiger partial charge on any atom is -0.427 e. The summed E-state index contributed by atoms with van der Waals surface area (Å²) in [6.45, 7) is 6.15. The maximum atomic E-state index is 10.8. The van der Waals surface area contributed by atoms with Crippen molar-refractivity contribution in [2.45, 2.75) is 75.3 Å². The second-order valence-electron chi connectivity index (χ2n) is 7.28. The van der Waals surface area contributed by atoms with Crippen molar-refractivity contribution in [1.82, 2.24) is 0 Å². The van der Waals surface area contributed by atoms with Crippen molar-refractivity contribution in [2.75, 3.05) is 0 Å². The fourth-order valence-electron chi connectivity index (χ4n) is 4.20. The minimum absolute atomic E-state index is 0.0322. The zero-order chi connectivity index (χ0) is 15.2. The maximum Gasteiger partial charge on any atom is 0.454 e. The van der Waals surface area contributed by atoms with Crippen molar-refractivity contribution in [3.05, 3.63) is 0 Å². The van der Waals surface area contributed by atoms with E-state index < -0.39 is 18.3 Å². The van der Waals surface area contributed by atoms with Gasteiger partial charge in [-0.05, 0) is 50.3 Å². The van der Waals surface area contributed by atoms with Crippen molar-refractivity contribution >= 4 is 23.0 Å². The van der Waals surface area contributed by atoms with Crippen molar-refractivity contribution in [3.8, 4) is 0 Å². The summed E-state index contributed by atoms with van der Waals surface area (Å²) in [7, 11) is -0.828. The third kappa shape index (κ3) is 2.58. The Bertz CT molecular complexity index is 354. The van der Waals surface area contributed by atoms with Crippen LogP contribution in [0.5, 0.6) is 0 Å². The molecule has 0 saturated heterocycles. The summed E-state index contributed by atoms with van der Waals surface area (Å²) < 4.78 is 6.01. The highest BCUT2D eigenvalue weighted by molar-refractivity contribution is 9.09. The van der Waals surface area contributed by atoms with Gasteiger partial charge in [0.1, 0.15) is 0 Å². The van der Waals surface area contributed by atoms with E-state index in [9.17, 15) is 10.1 Å². The molecular weight excluding hydrogens is 321 g/mol. The van der Waals surface area contributed by atoms with Gasteiger partial charge in [0.15, 0.2) is 0 Å². The number of hydrogen-bond acceptors (Lipinski definition) is 4. The van der Waals surface area contributed by atoms with Gasteiger partial charge >= 0.3 is 7.12 Å². The first-order valence-electron chi connectivity index (χ1n) is 7.60. The molecule has 116 valence electrons. The Balaban J connectivity index is 1.99. The van der Waals surface area contributed by atoms with E-state index in [1.54, 1.807) is 0 Å². The van der Waals surface area contributed by atoms with Gasteiger partial charge in [-0.15, -0.1) is 0 Å². The lowest BCUT2D eigenvalue weighted by atomic mass is 9.40. The fraction of sp³-hybridized carbons (Fsp3) is 1.00. The Labute approximate surface area is 130 Å². The van der Waals surface area contributed by atoms with Crippen molar-refractivity contribution in [1.29, 1.82) is 0 Å². The van der Waals surface area contributed by atoms with Gasteiger partial charge in [-0.25, -0.2) is 0 Å². The first-order chi connectivity index (χ1) is 9.12. The minimum atomic E-state index is -0.863. The van der Waals surface area contributed by atoms with E-state index >= 15 is 0 Å². The van der Waals surface area contributed by atoms with Crippen LogP contribution in [0.15, 0.2) is 0 Å². The Hall–Kier alpha value is 0.385. The molecule has 4 nitrogen and oxygen atoms in total. The topological polar surface area (TPSA) is 75.7 Å². The van der Waals surface area contributed by atoms with Gasteiger partial charge in [0.05, 0.1) is 16.2 Å². The van der Waals surface area contributed by atoms with Gasteiger partial charge in [-0.3, -0.25) is 0 Å². The van der Waals surface area contributed by atoms with Gasteiger partial charge in [-0.2, -0.15) is 0 Å². The summed E-state index contributed by atoms with van der Waals surface area (Å²) in [5.41, 5.74) is 4.08. The molecule has 0 aliphatic heterocycles. The molecule has 4 atom stereocenters. The Morgan fingerprint density at radius 1 is 1.45 bits per heavy atom. The summed E-state index contributed by atoms with van der Waals surface area (Å²) in [5.74, 6) is 0.589. The van der Waals surface area contributed by atoms with Crippen LogP contribution in [-0.4, -0.2) is 33.4 Å². The number of fused-ring (bicyclic) bond motifs is 2. The zero-order valence-electron chi connectivity index (χ0n) is 12.7. The lowest BCUT2D eigenvalue weighted by Gasteiger charge is -2.71. The van der Waals surface area contributed by atoms with Crippen LogP contribution in [0.3, 0.4) is 0 Å². The van der Waals surface area contributed by atoms with Crippen LogP contribution in [0.4, 0.5) is 0 Å². The average Bonchev–Trinajstić information content (AvgIpc) is 2.30. The highest BCUT2D eigenvalue weighted by atomic mass is 79.9. The number of nitrogens with two attached hydrogens (primary N) is 1. The summed E-state index contributed by atoms with van der Waals surface area (Å²) in [6, 6.07) is 0. The quantitative estimate of drug-likeness (QED) is 0.391. The summed E-state index contributed by atoms with van der Waals surface area (Å²) in [5, 5.41) is 20.9. The van der Waals surface area contributed by atoms with Gasteiger partial charge in [0.2, 0.25) is 0 Å². The number of alkyl halides is 1. The second kappa shape index (κ2) is 5.54. The predicted molar refractivity (Wildman–Crippen MR) is 84.5 cm³/mol. The highest BCUT2D eigenvalue weighted by Crippen LogP contribution is 2.67. The molecular formula is C14H27BBrNO3. The molecule has 3 saturated carbocycles. The molecule has 0 radical (unpaired) electrons. The van der Waals surface area contributed by atoms with Crippen LogP contribution in [0.2, 0.25) is 6.32 Å². The van der Waals surface area contributed by atoms with E-state index in [2.05, 4.69) is 29.8 Å². The molecule has 4 unspecified atom stereocenters. The highest BCUT2D eigenvalue weighted by Gasteiger charge is 2.71. The molecule has 4 N–H and O–H groups in total. The van der Waals surface area contributed by atoms with Crippen LogP contribution in [0, 0.1) is 11.3 Å². The predicted octanol–water partition coefficient (Wildman–Crippen LogP) is 2.27. The van der Waals surface area contributed by atoms with E-state index in [1.807, 2.05) is 6.92 Å². The van der Waals surface area contributed by atoms with Crippen LogP contribution < -0.4 is 5.73 Å². The largest absolute Gasteiger partial charge is 0.454 e. The SMILES string of the molecule is CC1(O)CCC2CC1(OB(O)CCCC(N)Br)C2(C)C. The lowest BCUT2D eigenvalue weighted by Crippen LogP contribution is -2.76. The van der Waals surface area contributed by atoms with Gasteiger partial charge in [0, 0.05) is 0 Å². The van der Waals surface area contributed by atoms with Gasteiger partial charge in [-0.1, -0.05) is 36.2 Å². The first-order valence-corrected chi connectivity index (χ1v) is 8.52. The molecule has 0 aromatic heterocycles. The molecule has 0 aromatic rings. The molecule has 0 spiro atoms. The number of hydrogen-bond donors (Lipinski definition) is 3.